The number of nitrogens with one attached hydrogen (secondary N) is 1. The highest BCUT2D eigenvalue weighted by Crippen LogP contribution is 2.40. The maximum Gasteiger partial charge on any atom is 0.408 e. The molecule has 1 fully saturated rings. The number of aromatic nitrogens is 3. The molecule has 2 aromatic heterocycles. The van der Waals surface area contributed by atoms with Crippen molar-refractivity contribution < 1.29 is 18.8 Å². The first kappa shape index (κ1) is 19.6. The number of carbonyl (C=O) groups excluding carboxylic acids is 1. The van der Waals surface area contributed by atoms with Crippen LogP contribution in [0.4, 0.5) is 14.9 Å². The molecule has 0 unspecified atom stereocenters. The van der Waals surface area contributed by atoms with Gasteiger partial charge in [-0.1, -0.05) is 0 Å². The lowest BCUT2D eigenvalue weighted by Crippen LogP contribution is -2.53. The fourth-order valence-corrected chi connectivity index (χ4v) is 2.87. The van der Waals surface area contributed by atoms with E-state index in [0.717, 1.165) is 12.5 Å². The monoisotopic (exact) mass is 389 g/mol. The molecule has 2 heterocycles. The van der Waals surface area contributed by atoms with Gasteiger partial charge in [-0.05, 0) is 46.1 Å². The normalized spacial score (nSPS) is 15.4. The summed E-state index contributed by atoms with van der Waals surface area (Å²) in [4.78, 5) is 34.2. The summed E-state index contributed by atoms with van der Waals surface area (Å²) in [5, 5.41) is 13.5. The molecule has 1 aliphatic rings. The number of pyridine rings is 1. The van der Waals surface area contributed by atoms with Crippen LogP contribution in [0.1, 0.15) is 45.9 Å². The molecular weight excluding hydrogens is 369 g/mol. The summed E-state index contributed by atoms with van der Waals surface area (Å²) in [5.74, 6) is -0.746. The van der Waals surface area contributed by atoms with E-state index in [2.05, 4.69) is 20.3 Å². The Balaban J connectivity index is 1.80. The summed E-state index contributed by atoms with van der Waals surface area (Å²) in [7, 11) is 0. The fourth-order valence-electron chi connectivity index (χ4n) is 2.87. The molecule has 0 radical (unpaired) electrons. The van der Waals surface area contributed by atoms with E-state index in [9.17, 15) is 19.3 Å². The summed E-state index contributed by atoms with van der Waals surface area (Å²) >= 11 is 0. The van der Waals surface area contributed by atoms with Crippen LogP contribution in [0, 0.1) is 16.1 Å². The molecule has 0 aromatic carbocycles. The number of alkyl carbamates (subject to hydrolysis) is 1. The average molecular weight is 389 g/mol. The summed E-state index contributed by atoms with van der Waals surface area (Å²) in [5.41, 5.74) is -1.43. The van der Waals surface area contributed by atoms with E-state index in [1.54, 1.807) is 20.8 Å². The van der Waals surface area contributed by atoms with Crippen LogP contribution in [0.3, 0.4) is 0 Å². The summed E-state index contributed by atoms with van der Waals surface area (Å²) in [6, 6.07) is 2.38. The predicted molar refractivity (Wildman–Crippen MR) is 96.8 cm³/mol. The fraction of sp³-hybridized carbons (Fsp3) is 0.444. The smallest absolute Gasteiger partial charge is 0.408 e. The number of nitrogens with zero attached hydrogens (tertiary/aromatic N) is 4. The van der Waals surface area contributed by atoms with Crippen molar-refractivity contribution >= 4 is 11.8 Å². The quantitative estimate of drug-likeness (QED) is 0.483. The van der Waals surface area contributed by atoms with Gasteiger partial charge in [0.2, 0.25) is 0 Å². The Labute approximate surface area is 160 Å². The molecule has 0 saturated heterocycles. The maximum absolute atomic E-state index is 13.7. The number of halogens is 1. The van der Waals surface area contributed by atoms with Gasteiger partial charge in [0, 0.05) is 24.0 Å². The minimum Gasteiger partial charge on any atom is -0.444 e. The van der Waals surface area contributed by atoms with Crippen molar-refractivity contribution in [3.63, 3.8) is 0 Å². The first-order valence-corrected chi connectivity index (χ1v) is 8.75. The van der Waals surface area contributed by atoms with Crippen molar-refractivity contribution in [2.75, 3.05) is 0 Å². The van der Waals surface area contributed by atoms with Crippen molar-refractivity contribution in [2.24, 2.45) is 0 Å². The highest BCUT2D eigenvalue weighted by atomic mass is 19.1. The van der Waals surface area contributed by atoms with E-state index in [1.807, 2.05) is 0 Å². The van der Waals surface area contributed by atoms with Crippen LogP contribution in [0.5, 0.6) is 0 Å². The van der Waals surface area contributed by atoms with Crippen molar-refractivity contribution in [1.29, 1.82) is 0 Å². The highest BCUT2D eigenvalue weighted by molar-refractivity contribution is 5.69. The molecule has 2 aromatic rings. The van der Waals surface area contributed by atoms with E-state index in [-0.39, 0.29) is 5.69 Å². The van der Waals surface area contributed by atoms with Gasteiger partial charge in [-0.2, -0.15) is 4.39 Å². The first-order valence-electron chi connectivity index (χ1n) is 8.75. The Morgan fingerprint density at radius 3 is 2.39 bits per heavy atom. The number of ether oxygens (including phenoxy) is 1. The molecule has 3 rings (SSSR count). The van der Waals surface area contributed by atoms with Crippen molar-refractivity contribution in [1.82, 2.24) is 20.3 Å². The second-order valence-corrected chi connectivity index (χ2v) is 7.62. The molecule has 10 heteroatoms. The standard InChI is InChI=1S/C18H20FN5O4/c1-17(2,3)28-16(25)23-18(7-4-8-18)15-20-9-11(10-21-15)12-5-6-13(24(26)27)14(19)22-12/h5-6,9-10H,4,7-8H2,1-3H3,(H,23,25). The van der Waals surface area contributed by atoms with Crippen molar-refractivity contribution in [3.8, 4) is 11.3 Å². The lowest BCUT2D eigenvalue weighted by molar-refractivity contribution is -0.388. The summed E-state index contributed by atoms with van der Waals surface area (Å²) in [6.07, 6.45) is 4.63. The minimum atomic E-state index is -1.17. The van der Waals surface area contributed by atoms with Gasteiger partial charge >= 0.3 is 11.8 Å². The van der Waals surface area contributed by atoms with Gasteiger partial charge in [0.05, 0.1) is 10.6 Å². The Morgan fingerprint density at radius 1 is 1.29 bits per heavy atom. The van der Waals surface area contributed by atoms with Crippen LogP contribution in [0.15, 0.2) is 24.5 Å². The molecule has 0 spiro atoms. The number of hydrogen-bond donors (Lipinski definition) is 1. The van der Waals surface area contributed by atoms with Crippen LogP contribution < -0.4 is 5.32 Å². The third-order valence-corrected chi connectivity index (χ3v) is 4.35. The van der Waals surface area contributed by atoms with Crippen LogP contribution >= 0.6 is 0 Å². The SMILES string of the molecule is CC(C)(C)OC(=O)NC1(c2ncc(-c3ccc([N+](=O)[O-])c(F)n3)cn2)CCC1. The first-order chi connectivity index (χ1) is 13.1. The Kier molecular flexibility index (Phi) is 4.97. The van der Waals surface area contributed by atoms with E-state index in [0.29, 0.717) is 24.2 Å². The molecule has 0 atom stereocenters. The van der Waals surface area contributed by atoms with E-state index >= 15 is 0 Å². The molecule has 148 valence electrons. The molecule has 0 aliphatic heterocycles. The molecule has 1 N–H and O–H groups in total. The van der Waals surface area contributed by atoms with Crippen LogP contribution in [-0.4, -0.2) is 31.6 Å². The van der Waals surface area contributed by atoms with E-state index < -0.39 is 33.8 Å². The molecule has 1 aliphatic carbocycles. The lowest BCUT2D eigenvalue weighted by Gasteiger charge is -2.41. The van der Waals surface area contributed by atoms with Gasteiger partial charge in [-0.25, -0.2) is 19.7 Å². The number of amides is 1. The molecular formula is C18H20FN5O4. The molecule has 9 nitrogen and oxygen atoms in total. The minimum absolute atomic E-state index is 0.178. The average Bonchev–Trinajstić information content (AvgIpc) is 2.56. The van der Waals surface area contributed by atoms with Crippen LogP contribution in [0.2, 0.25) is 0 Å². The zero-order valence-corrected chi connectivity index (χ0v) is 15.7. The highest BCUT2D eigenvalue weighted by Gasteiger charge is 2.43. The Hall–Kier alpha value is -3.17. The lowest BCUT2D eigenvalue weighted by atomic mass is 9.76. The van der Waals surface area contributed by atoms with Gasteiger partial charge in [-0.3, -0.25) is 10.1 Å². The molecule has 1 saturated carbocycles. The topological polar surface area (TPSA) is 120 Å². The van der Waals surface area contributed by atoms with E-state index in [4.69, 9.17) is 4.74 Å². The third kappa shape index (κ3) is 4.05. The molecule has 0 bridgehead atoms. The second kappa shape index (κ2) is 7.10. The number of carbonyl (C=O) groups is 1. The van der Waals surface area contributed by atoms with Gasteiger partial charge < -0.3 is 10.1 Å². The van der Waals surface area contributed by atoms with Gasteiger partial charge in [0.1, 0.15) is 11.1 Å². The van der Waals surface area contributed by atoms with Crippen molar-refractivity contribution in [2.45, 2.75) is 51.2 Å². The zero-order chi connectivity index (χ0) is 20.5. The molecule has 28 heavy (non-hydrogen) atoms. The number of hydrogen-bond acceptors (Lipinski definition) is 7. The summed E-state index contributed by atoms with van der Waals surface area (Å²) in [6.45, 7) is 5.34. The summed E-state index contributed by atoms with van der Waals surface area (Å²) < 4.78 is 19.1. The van der Waals surface area contributed by atoms with Crippen LogP contribution in [0.25, 0.3) is 11.3 Å². The van der Waals surface area contributed by atoms with Gasteiger partial charge in [-0.15, -0.1) is 0 Å². The van der Waals surface area contributed by atoms with Gasteiger partial charge in [0.15, 0.2) is 5.82 Å². The Bertz CT molecular complexity index is 907. The Morgan fingerprint density at radius 2 is 1.93 bits per heavy atom. The van der Waals surface area contributed by atoms with Crippen molar-refractivity contribution in [3.05, 3.63) is 46.4 Å². The number of rotatable bonds is 4. The van der Waals surface area contributed by atoms with E-state index in [1.165, 1.54) is 18.5 Å². The van der Waals surface area contributed by atoms with Crippen LogP contribution in [-0.2, 0) is 10.3 Å². The van der Waals surface area contributed by atoms with Gasteiger partial charge in [0.25, 0.3) is 5.95 Å². The largest absolute Gasteiger partial charge is 0.444 e. The maximum atomic E-state index is 13.7. The molecule has 1 amide bonds. The third-order valence-electron chi connectivity index (χ3n) is 4.35. The number of nitro groups is 1. The second-order valence-electron chi connectivity index (χ2n) is 7.62. The predicted octanol–water partition coefficient (Wildman–Crippen LogP) is 3.49. The zero-order valence-electron chi connectivity index (χ0n) is 15.7.